The number of rotatable bonds is 7. The van der Waals surface area contributed by atoms with Gasteiger partial charge in [-0.3, -0.25) is 4.79 Å². The van der Waals surface area contributed by atoms with Gasteiger partial charge in [0.25, 0.3) is 0 Å². The molecule has 2 aromatic rings. The highest BCUT2D eigenvalue weighted by Crippen LogP contribution is 2.29. The first-order valence-corrected chi connectivity index (χ1v) is 10.7. The highest BCUT2D eigenvalue weighted by molar-refractivity contribution is 7.99. The average molecular weight is 393 g/mol. The molecule has 1 atom stereocenters. The third-order valence-electron chi connectivity index (χ3n) is 4.58. The molecule has 146 valence electrons. The second kappa shape index (κ2) is 9.72. The van der Waals surface area contributed by atoms with Gasteiger partial charge in [-0.15, -0.1) is 23.6 Å². The summed E-state index contributed by atoms with van der Waals surface area (Å²) in [6.45, 7) is 9.85. The molecule has 0 amide bonds. The Morgan fingerprint density at radius 3 is 2.57 bits per heavy atom. The molecule has 2 nitrogen and oxygen atoms in total. The summed E-state index contributed by atoms with van der Waals surface area (Å²) in [4.78, 5) is 12.7. The normalized spacial score (nSPS) is 11.8. The summed E-state index contributed by atoms with van der Waals surface area (Å²) < 4.78 is 6.08. The molecule has 0 spiro atoms. The molecule has 0 aliphatic carbocycles. The number of Topliss-reactive ketones (excluding diaryl/α,β-unsaturated/α-hetero) is 1. The van der Waals surface area contributed by atoms with E-state index in [-0.39, 0.29) is 11.2 Å². The average Bonchev–Trinajstić information content (AvgIpc) is 2.64. The minimum Gasteiger partial charge on any atom is -0.472 e. The Hall–Kier alpha value is -2.36. The van der Waals surface area contributed by atoms with E-state index in [9.17, 15) is 4.79 Å². The highest BCUT2D eigenvalue weighted by Gasteiger charge is 2.23. The van der Waals surface area contributed by atoms with Crippen LogP contribution in [0.5, 0.6) is 5.75 Å². The van der Waals surface area contributed by atoms with Crippen LogP contribution in [0.2, 0.25) is 0 Å². The minimum absolute atomic E-state index is 0.0989. The van der Waals surface area contributed by atoms with Gasteiger partial charge >= 0.3 is 0 Å². The van der Waals surface area contributed by atoms with E-state index in [1.54, 1.807) is 0 Å². The van der Waals surface area contributed by atoms with Gasteiger partial charge in [-0.1, -0.05) is 17.9 Å². The molecule has 3 heteroatoms. The third kappa shape index (κ3) is 5.82. The van der Waals surface area contributed by atoms with E-state index in [1.807, 2.05) is 38.3 Å². The van der Waals surface area contributed by atoms with Crippen molar-refractivity contribution in [2.45, 2.75) is 52.9 Å². The lowest BCUT2D eigenvalue weighted by Crippen LogP contribution is -2.25. The van der Waals surface area contributed by atoms with E-state index in [0.29, 0.717) is 12.2 Å². The van der Waals surface area contributed by atoms with Crippen LogP contribution in [0.1, 0.15) is 51.7 Å². The minimum atomic E-state index is -0.513. The van der Waals surface area contributed by atoms with Crippen molar-refractivity contribution in [1.82, 2.24) is 0 Å². The Morgan fingerprint density at radius 2 is 1.93 bits per heavy atom. The lowest BCUT2D eigenvalue weighted by molar-refractivity contribution is -0.122. The maximum atomic E-state index is 12.7. The maximum Gasteiger partial charge on any atom is 0.202 e. The molecule has 0 bridgehead atoms. The van der Waals surface area contributed by atoms with Crippen LogP contribution in [0.3, 0.4) is 0 Å². The number of hydrogen-bond donors (Lipinski definition) is 0. The Morgan fingerprint density at radius 1 is 1.18 bits per heavy atom. The van der Waals surface area contributed by atoms with Crippen molar-refractivity contribution in [2.75, 3.05) is 6.26 Å². The first-order chi connectivity index (χ1) is 13.3. The van der Waals surface area contributed by atoms with Crippen LogP contribution in [0.4, 0.5) is 0 Å². The number of carbonyl (C=O) groups excluding carboxylic acids is 1. The molecular weight excluding hydrogens is 364 g/mol. The summed E-state index contributed by atoms with van der Waals surface area (Å²) >= 11 is 1.43. The van der Waals surface area contributed by atoms with Gasteiger partial charge in [0, 0.05) is 17.4 Å². The number of benzene rings is 2. The van der Waals surface area contributed by atoms with Gasteiger partial charge in [-0.25, -0.2) is 0 Å². The maximum absolute atomic E-state index is 12.7. The van der Waals surface area contributed by atoms with Gasteiger partial charge in [0.15, 0.2) is 5.78 Å². The molecule has 0 aliphatic heterocycles. The molecule has 0 saturated carbocycles. The summed E-state index contributed by atoms with van der Waals surface area (Å²) in [7, 11) is 0. The molecule has 0 fully saturated rings. The fourth-order valence-electron chi connectivity index (χ4n) is 3.14. The fourth-order valence-corrected chi connectivity index (χ4v) is 3.73. The molecule has 0 heterocycles. The smallest absolute Gasteiger partial charge is 0.202 e. The van der Waals surface area contributed by atoms with E-state index in [1.165, 1.54) is 17.1 Å². The number of ether oxygens (including phenoxy) is 1. The topological polar surface area (TPSA) is 26.3 Å². The lowest BCUT2D eigenvalue weighted by Gasteiger charge is -2.20. The van der Waals surface area contributed by atoms with Gasteiger partial charge in [-0.05, 0) is 87.9 Å². The second-order valence-electron chi connectivity index (χ2n) is 7.46. The van der Waals surface area contributed by atoms with Crippen molar-refractivity contribution in [1.29, 1.82) is 0 Å². The number of ketones is 1. The van der Waals surface area contributed by atoms with E-state index in [2.05, 4.69) is 56.6 Å². The van der Waals surface area contributed by atoms with Crippen LogP contribution in [0.25, 0.3) is 10.8 Å². The van der Waals surface area contributed by atoms with Crippen LogP contribution in [0.15, 0.2) is 30.3 Å². The standard InChI is InChI=1S/C25H28O2S/c1-7-9-19-10-11-22-18(3)15-21(17-20(22)16-19)27-24(28-6)23(26)12-14-25(4,5)13-8-2/h10-11,15-17,24H,12,14H2,1-6H3. The first kappa shape index (κ1) is 21.9. The Kier molecular flexibility index (Phi) is 7.61. The van der Waals surface area contributed by atoms with Crippen LogP contribution in [-0.2, 0) is 4.79 Å². The quantitative estimate of drug-likeness (QED) is 0.428. The number of carbonyl (C=O) groups is 1. The molecule has 1 unspecified atom stereocenters. The van der Waals surface area contributed by atoms with Crippen molar-refractivity contribution >= 4 is 28.3 Å². The summed E-state index contributed by atoms with van der Waals surface area (Å²) in [5, 5.41) is 2.24. The van der Waals surface area contributed by atoms with Gasteiger partial charge in [0.2, 0.25) is 5.44 Å². The first-order valence-electron chi connectivity index (χ1n) is 9.43. The number of aryl methyl sites for hydroxylation is 1. The predicted octanol–water partition coefficient (Wildman–Crippen LogP) is 5.99. The summed E-state index contributed by atoms with van der Waals surface area (Å²) in [6.07, 6.45) is 3.08. The highest BCUT2D eigenvalue weighted by atomic mass is 32.2. The van der Waals surface area contributed by atoms with Gasteiger partial charge in [0.05, 0.1) is 0 Å². The largest absolute Gasteiger partial charge is 0.472 e. The van der Waals surface area contributed by atoms with Crippen molar-refractivity contribution in [3.8, 4) is 29.4 Å². The predicted molar refractivity (Wildman–Crippen MR) is 121 cm³/mol. The van der Waals surface area contributed by atoms with Crippen molar-refractivity contribution in [2.24, 2.45) is 5.41 Å². The Bertz CT molecular complexity index is 980. The number of fused-ring (bicyclic) bond motifs is 1. The zero-order chi connectivity index (χ0) is 20.7. The molecule has 28 heavy (non-hydrogen) atoms. The van der Waals surface area contributed by atoms with E-state index < -0.39 is 5.44 Å². The molecule has 0 saturated heterocycles. The Labute approximate surface area is 173 Å². The van der Waals surface area contributed by atoms with Gasteiger partial charge in [0.1, 0.15) is 5.75 Å². The van der Waals surface area contributed by atoms with E-state index in [4.69, 9.17) is 4.74 Å². The molecule has 0 radical (unpaired) electrons. The van der Waals surface area contributed by atoms with Crippen molar-refractivity contribution < 1.29 is 9.53 Å². The zero-order valence-electron chi connectivity index (χ0n) is 17.6. The number of hydrogen-bond acceptors (Lipinski definition) is 3. The van der Waals surface area contributed by atoms with Gasteiger partial charge in [-0.2, -0.15) is 0 Å². The third-order valence-corrected chi connectivity index (χ3v) is 5.37. The SMILES string of the molecule is CC#Cc1ccc2c(C)cc(OC(SC)C(=O)CCC(C)(C)C#CC)cc2c1. The summed E-state index contributed by atoms with van der Waals surface area (Å²) in [5.74, 6) is 12.9. The molecule has 2 aromatic carbocycles. The van der Waals surface area contributed by atoms with Crippen molar-refractivity contribution in [3.05, 3.63) is 41.5 Å². The number of thioether (sulfide) groups is 1. The Balaban J connectivity index is 2.20. The van der Waals surface area contributed by atoms with E-state index in [0.717, 1.165) is 22.9 Å². The fraction of sp³-hybridized carbons (Fsp3) is 0.400. The molecule has 0 aliphatic rings. The van der Waals surface area contributed by atoms with Crippen molar-refractivity contribution in [3.63, 3.8) is 0 Å². The van der Waals surface area contributed by atoms with Crippen LogP contribution < -0.4 is 4.74 Å². The monoisotopic (exact) mass is 392 g/mol. The van der Waals surface area contributed by atoms with Crippen LogP contribution >= 0.6 is 11.8 Å². The van der Waals surface area contributed by atoms with Crippen LogP contribution in [-0.4, -0.2) is 17.5 Å². The lowest BCUT2D eigenvalue weighted by atomic mass is 9.88. The second-order valence-corrected chi connectivity index (χ2v) is 8.36. The summed E-state index contributed by atoms with van der Waals surface area (Å²) in [6, 6.07) is 10.2. The molecule has 0 aromatic heterocycles. The molecule has 0 N–H and O–H groups in total. The van der Waals surface area contributed by atoms with Gasteiger partial charge < -0.3 is 4.74 Å². The zero-order valence-corrected chi connectivity index (χ0v) is 18.4. The summed E-state index contributed by atoms with van der Waals surface area (Å²) in [5.41, 5.74) is 1.42. The van der Waals surface area contributed by atoms with Crippen LogP contribution in [0, 0.1) is 36.0 Å². The van der Waals surface area contributed by atoms with E-state index >= 15 is 0 Å². The molecule has 2 rings (SSSR count). The molecular formula is C25H28O2S.